The molecule has 2 saturated heterocycles. The van der Waals surface area contributed by atoms with Gasteiger partial charge in [-0.2, -0.15) is 5.10 Å². The summed E-state index contributed by atoms with van der Waals surface area (Å²) in [6, 6.07) is 20.5. The van der Waals surface area contributed by atoms with Crippen molar-refractivity contribution in [3.63, 3.8) is 0 Å². The van der Waals surface area contributed by atoms with Gasteiger partial charge in [0.05, 0.1) is 12.0 Å². The molecule has 2 aliphatic rings. The summed E-state index contributed by atoms with van der Waals surface area (Å²) in [6.07, 6.45) is 1.27. The normalized spacial score (nSPS) is 20.7. The number of aromatic nitrogens is 2. The van der Waals surface area contributed by atoms with Crippen molar-refractivity contribution in [2.24, 2.45) is 13.0 Å². The van der Waals surface area contributed by atoms with Crippen LogP contribution in [0, 0.1) is 17.6 Å². The molecule has 2 aliphatic heterocycles. The van der Waals surface area contributed by atoms with Gasteiger partial charge in [0.15, 0.2) is 0 Å². The van der Waals surface area contributed by atoms with Crippen LogP contribution in [0.25, 0.3) is 10.8 Å². The van der Waals surface area contributed by atoms with Crippen molar-refractivity contribution < 1.29 is 18.4 Å². The Morgan fingerprint density at radius 1 is 0.939 bits per heavy atom. The lowest BCUT2D eigenvalue weighted by Gasteiger charge is -2.45. The van der Waals surface area contributed by atoms with Gasteiger partial charge < -0.3 is 14.7 Å². The number of halogens is 2. The van der Waals surface area contributed by atoms with Crippen LogP contribution in [0.5, 0.6) is 0 Å². The van der Waals surface area contributed by atoms with Gasteiger partial charge in [0, 0.05) is 63.9 Å². The fraction of sp³-hybridized carbons (Fsp3) is 0.421. The number of carbonyl (C=O) groups is 2. The molecule has 4 atom stereocenters. The Morgan fingerprint density at radius 2 is 1.71 bits per heavy atom. The second-order valence-electron chi connectivity index (χ2n) is 13.7. The first kappa shape index (κ1) is 34.4. The predicted molar refractivity (Wildman–Crippen MR) is 187 cm³/mol. The number of piperazine rings is 1. The number of Topliss-reactive ketones (excluding diaryl/α,β-unsaturated/α-hetero) is 1. The first-order valence-corrected chi connectivity index (χ1v) is 16.9. The molecule has 3 heterocycles. The summed E-state index contributed by atoms with van der Waals surface area (Å²) in [5.74, 6) is -2.06. The molecule has 0 spiro atoms. The highest BCUT2D eigenvalue weighted by atomic mass is 19.1. The maximum Gasteiger partial charge on any atom is 0.266 e. The minimum Gasteiger partial charge on any atom is -0.354 e. The molecule has 0 bridgehead atoms. The number of hydrogen-bond acceptors (Lipinski definition) is 7. The maximum absolute atomic E-state index is 15.3. The smallest absolute Gasteiger partial charge is 0.266 e. The van der Waals surface area contributed by atoms with Crippen LogP contribution in [-0.2, 0) is 23.1 Å². The summed E-state index contributed by atoms with van der Waals surface area (Å²) in [5, 5.41) is 6.68. The maximum atomic E-state index is 15.3. The Balaban J connectivity index is 1.27. The summed E-state index contributed by atoms with van der Waals surface area (Å²) in [6.45, 7) is 4.41. The molecule has 11 heteroatoms. The van der Waals surface area contributed by atoms with Gasteiger partial charge in [0.1, 0.15) is 23.2 Å². The summed E-state index contributed by atoms with van der Waals surface area (Å²) in [7, 11) is 5.55. The molecule has 9 nitrogen and oxygen atoms in total. The molecule has 1 aromatic heterocycles. The monoisotopic (exact) mass is 670 g/mol. The van der Waals surface area contributed by atoms with Gasteiger partial charge in [0.2, 0.25) is 5.91 Å². The Kier molecular flexibility index (Phi) is 10.2. The van der Waals surface area contributed by atoms with Crippen molar-refractivity contribution in [2.75, 3.05) is 58.3 Å². The third kappa shape index (κ3) is 7.58. The van der Waals surface area contributed by atoms with Gasteiger partial charge in [-0.05, 0) is 74.4 Å². The molecular formula is C38H44F2N6O3. The van der Waals surface area contributed by atoms with Crippen LogP contribution in [0.1, 0.15) is 30.4 Å². The Labute approximate surface area is 285 Å². The summed E-state index contributed by atoms with van der Waals surface area (Å²) >= 11 is 0. The molecule has 0 N–H and O–H groups in total. The van der Waals surface area contributed by atoms with Gasteiger partial charge in [-0.1, -0.05) is 48.5 Å². The number of hydrogen-bond donors (Lipinski definition) is 0. The van der Waals surface area contributed by atoms with Crippen LogP contribution in [0.4, 0.5) is 14.6 Å². The van der Waals surface area contributed by atoms with Crippen LogP contribution in [-0.4, -0.2) is 102 Å². The number of ketones is 1. The van der Waals surface area contributed by atoms with Crippen molar-refractivity contribution >= 4 is 28.3 Å². The Morgan fingerprint density at radius 3 is 2.43 bits per heavy atom. The third-order valence-corrected chi connectivity index (χ3v) is 10.1. The van der Waals surface area contributed by atoms with E-state index in [4.69, 9.17) is 0 Å². The fourth-order valence-electron chi connectivity index (χ4n) is 7.46. The first-order chi connectivity index (χ1) is 23.5. The standard InChI is InChI=1S/C38H44F2N6O3/c1-25(47)35(20-26-9-10-27-7-5-6-8-28(27)19-26)44-17-18-46(30(22-44)15-16-42(2)3)38(49)33-24-45(36-13-14-37(48)43(4)41-36)23-32(33)31-12-11-29(39)21-34(31)40/h5-14,19,21,30,32-33,35H,15-18,20,22-24H2,1-4H3/t30-,32-,33+,35-/m0/s1. The van der Waals surface area contributed by atoms with Crippen LogP contribution >= 0.6 is 0 Å². The summed E-state index contributed by atoms with van der Waals surface area (Å²) in [4.78, 5) is 48.0. The van der Waals surface area contributed by atoms with E-state index in [-0.39, 0.29) is 48.0 Å². The number of fused-ring (bicyclic) bond motifs is 1. The van der Waals surface area contributed by atoms with Gasteiger partial charge in [-0.15, -0.1) is 0 Å². The lowest BCUT2D eigenvalue weighted by atomic mass is 9.86. The molecule has 3 aromatic carbocycles. The number of anilines is 1. The molecule has 0 radical (unpaired) electrons. The molecule has 0 unspecified atom stereocenters. The quantitative estimate of drug-likeness (QED) is 0.252. The van der Waals surface area contributed by atoms with E-state index >= 15 is 4.39 Å². The van der Waals surface area contributed by atoms with Crippen LogP contribution in [0.15, 0.2) is 77.6 Å². The molecule has 0 aliphatic carbocycles. The summed E-state index contributed by atoms with van der Waals surface area (Å²) in [5.41, 5.74) is 1.11. The van der Waals surface area contributed by atoms with Crippen LogP contribution in [0.3, 0.4) is 0 Å². The molecule has 0 saturated carbocycles. The van der Waals surface area contributed by atoms with E-state index in [1.54, 1.807) is 20.0 Å². The van der Waals surface area contributed by atoms with Crippen LogP contribution in [0.2, 0.25) is 0 Å². The van der Waals surface area contributed by atoms with Gasteiger partial charge in [-0.3, -0.25) is 19.3 Å². The first-order valence-electron chi connectivity index (χ1n) is 16.9. The van der Waals surface area contributed by atoms with Crippen molar-refractivity contribution in [1.82, 2.24) is 24.5 Å². The molecule has 4 aromatic rings. The lowest BCUT2D eigenvalue weighted by Crippen LogP contribution is -2.60. The van der Waals surface area contributed by atoms with E-state index in [1.807, 2.05) is 36.0 Å². The minimum atomic E-state index is -0.690. The molecule has 49 heavy (non-hydrogen) atoms. The average molecular weight is 671 g/mol. The van der Waals surface area contributed by atoms with E-state index < -0.39 is 23.5 Å². The van der Waals surface area contributed by atoms with E-state index in [2.05, 4.69) is 45.2 Å². The van der Waals surface area contributed by atoms with E-state index in [9.17, 15) is 18.8 Å². The molecule has 6 rings (SSSR count). The van der Waals surface area contributed by atoms with Crippen LogP contribution < -0.4 is 10.5 Å². The van der Waals surface area contributed by atoms with E-state index in [0.717, 1.165) is 28.9 Å². The molecular weight excluding hydrogens is 626 g/mol. The van der Waals surface area contributed by atoms with Crippen molar-refractivity contribution in [1.29, 1.82) is 0 Å². The number of nitrogens with zero attached hydrogens (tertiary/aromatic N) is 6. The molecule has 258 valence electrons. The third-order valence-electron chi connectivity index (χ3n) is 10.1. The zero-order valence-corrected chi connectivity index (χ0v) is 28.6. The number of rotatable bonds is 10. The second kappa shape index (κ2) is 14.6. The molecule has 2 fully saturated rings. The number of carbonyl (C=O) groups excluding carboxylic acids is 2. The second-order valence-corrected chi connectivity index (χ2v) is 13.7. The zero-order chi connectivity index (χ0) is 34.8. The Hall–Kier alpha value is -4.48. The number of benzene rings is 3. The molecule has 1 amide bonds. The van der Waals surface area contributed by atoms with Gasteiger partial charge >= 0.3 is 0 Å². The number of aryl methyl sites for hydroxylation is 1. The van der Waals surface area contributed by atoms with Gasteiger partial charge in [-0.25, -0.2) is 13.5 Å². The SMILES string of the molecule is CC(=O)[C@H](Cc1ccc2ccccc2c1)N1CCN(C(=O)[C@@H]2CN(c3ccc(=O)n(C)n3)C[C@H]2c2ccc(F)cc2F)[C@@H](CCN(C)C)C1. The van der Waals surface area contributed by atoms with Crippen molar-refractivity contribution in [3.05, 3.63) is 106 Å². The topological polar surface area (TPSA) is 82.0 Å². The van der Waals surface area contributed by atoms with Crippen molar-refractivity contribution in [2.45, 2.75) is 37.8 Å². The van der Waals surface area contributed by atoms with Gasteiger partial charge in [0.25, 0.3) is 5.56 Å². The van der Waals surface area contributed by atoms with E-state index in [1.165, 1.54) is 22.9 Å². The highest BCUT2D eigenvalue weighted by Gasteiger charge is 2.45. The largest absolute Gasteiger partial charge is 0.354 e. The Bertz CT molecular complexity index is 1900. The lowest BCUT2D eigenvalue weighted by molar-refractivity contribution is -0.141. The minimum absolute atomic E-state index is 0.0855. The average Bonchev–Trinajstić information content (AvgIpc) is 3.52. The number of amides is 1. The predicted octanol–water partition coefficient (Wildman–Crippen LogP) is 4.10. The highest BCUT2D eigenvalue weighted by molar-refractivity contribution is 5.85. The van der Waals surface area contributed by atoms with Crippen molar-refractivity contribution in [3.8, 4) is 0 Å². The van der Waals surface area contributed by atoms with E-state index in [0.29, 0.717) is 38.3 Å². The summed E-state index contributed by atoms with van der Waals surface area (Å²) < 4.78 is 30.5. The highest BCUT2D eigenvalue weighted by Crippen LogP contribution is 2.38. The fourth-order valence-corrected chi connectivity index (χ4v) is 7.46. The zero-order valence-electron chi connectivity index (χ0n) is 28.6.